The maximum absolute atomic E-state index is 13.3. The van der Waals surface area contributed by atoms with Gasteiger partial charge in [0.05, 0.1) is 6.61 Å². The largest absolute Gasteiger partial charge is 0.485 e. The molecule has 0 fully saturated rings. The summed E-state index contributed by atoms with van der Waals surface area (Å²) in [6.07, 6.45) is 3.21. The standard InChI is InChI=1S/C14H16FN3O2/c15-11-5-10(8-19)6-12(7-11)20-9-14-17-16-13-3-1-2-4-18(13)14/h5-7,19H,1-4,8-9H2. The van der Waals surface area contributed by atoms with E-state index in [1.54, 1.807) is 6.07 Å². The molecule has 0 bridgehead atoms. The highest BCUT2D eigenvalue weighted by molar-refractivity contribution is 5.29. The number of fused-ring (bicyclic) bond motifs is 1. The lowest BCUT2D eigenvalue weighted by atomic mass is 10.2. The van der Waals surface area contributed by atoms with Crippen molar-refractivity contribution in [3.63, 3.8) is 0 Å². The van der Waals surface area contributed by atoms with Gasteiger partial charge in [0.25, 0.3) is 0 Å². The summed E-state index contributed by atoms with van der Waals surface area (Å²) >= 11 is 0. The first-order valence-corrected chi connectivity index (χ1v) is 6.70. The second-order valence-corrected chi connectivity index (χ2v) is 4.88. The van der Waals surface area contributed by atoms with Crippen molar-refractivity contribution in [3.05, 3.63) is 41.2 Å². The second-order valence-electron chi connectivity index (χ2n) is 4.88. The van der Waals surface area contributed by atoms with E-state index >= 15 is 0 Å². The van der Waals surface area contributed by atoms with Gasteiger partial charge in [0.15, 0.2) is 5.82 Å². The van der Waals surface area contributed by atoms with Gasteiger partial charge in [-0.3, -0.25) is 0 Å². The number of ether oxygens (including phenoxy) is 1. The predicted molar refractivity (Wildman–Crippen MR) is 69.6 cm³/mol. The van der Waals surface area contributed by atoms with Crippen molar-refractivity contribution in [3.8, 4) is 5.75 Å². The van der Waals surface area contributed by atoms with E-state index in [2.05, 4.69) is 14.8 Å². The van der Waals surface area contributed by atoms with Gasteiger partial charge in [0.1, 0.15) is 24.0 Å². The van der Waals surface area contributed by atoms with Crippen LogP contribution < -0.4 is 4.74 Å². The van der Waals surface area contributed by atoms with Gasteiger partial charge in [-0.15, -0.1) is 10.2 Å². The zero-order valence-electron chi connectivity index (χ0n) is 11.0. The summed E-state index contributed by atoms with van der Waals surface area (Å²) in [5, 5.41) is 17.3. The average Bonchev–Trinajstić information content (AvgIpc) is 2.88. The lowest BCUT2D eigenvalue weighted by molar-refractivity contribution is 0.272. The number of nitrogens with zero attached hydrogens (tertiary/aromatic N) is 3. The first-order valence-electron chi connectivity index (χ1n) is 6.70. The van der Waals surface area contributed by atoms with Crippen molar-refractivity contribution >= 4 is 0 Å². The molecule has 1 aliphatic heterocycles. The SMILES string of the molecule is OCc1cc(F)cc(OCc2nnc3n2CCCC3)c1. The number of hydrogen-bond acceptors (Lipinski definition) is 4. The Hall–Kier alpha value is -1.95. The minimum atomic E-state index is -0.421. The summed E-state index contributed by atoms with van der Waals surface area (Å²) < 4.78 is 21.0. The van der Waals surface area contributed by atoms with Crippen LogP contribution in [-0.4, -0.2) is 19.9 Å². The molecule has 0 atom stereocenters. The topological polar surface area (TPSA) is 60.2 Å². The zero-order chi connectivity index (χ0) is 13.9. The molecule has 0 saturated heterocycles. The first kappa shape index (κ1) is 13.1. The highest BCUT2D eigenvalue weighted by atomic mass is 19.1. The fourth-order valence-electron chi connectivity index (χ4n) is 2.42. The Kier molecular flexibility index (Phi) is 3.64. The molecule has 3 rings (SSSR count). The highest BCUT2D eigenvalue weighted by Crippen LogP contribution is 2.19. The summed E-state index contributed by atoms with van der Waals surface area (Å²) in [6.45, 7) is 0.946. The van der Waals surface area contributed by atoms with Crippen LogP contribution in [0.25, 0.3) is 0 Å². The van der Waals surface area contributed by atoms with Crippen LogP contribution in [0.1, 0.15) is 30.1 Å². The molecule has 2 aromatic rings. The number of aryl methyl sites for hydroxylation is 1. The van der Waals surface area contributed by atoms with Crippen LogP contribution >= 0.6 is 0 Å². The van der Waals surface area contributed by atoms with E-state index in [-0.39, 0.29) is 13.2 Å². The maximum atomic E-state index is 13.3. The van der Waals surface area contributed by atoms with Crippen LogP contribution in [0.5, 0.6) is 5.75 Å². The van der Waals surface area contributed by atoms with Crippen LogP contribution in [0, 0.1) is 5.82 Å². The van der Waals surface area contributed by atoms with Gasteiger partial charge in [-0.1, -0.05) is 0 Å². The summed E-state index contributed by atoms with van der Waals surface area (Å²) in [4.78, 5) is 0. The monoisotopic (exact) mass is 277 g/mol. The van der Waals surface area contributed by atoms with Crippen LogP contribution in [0.2, 0.25) is 0 Å². The molecule has 1 aliphatic rings. The number of aliphatic hydroxyl groups excluding tert-OH is 1. The van der Waals surface area contributed by atoms with Gasteiger partial charge in [-0.2, -0.15) is 0 Å². The van der Waals surface area contributed by atoms with E-state index in [4.69, 9.17) is 9.84 Å². The lowest BCUT2D eigenvalue weighted by Gasteiger charge is -2.15. The van der Waals surface area contributed by atoms with E-state index in [9.17, 15) is 4.39 Å². The summed E-state index contributed by atoms with van der Waals surface area (Å²) in [7, 11) is 0. The Morgan fingerprint density at radius 1 is 1.25 bits per heavy atom. The Bertz CT molecular complexity index is 612. The van der Waals surface area contributed by atoms with Crippen molar-refractivity contribution < 1.29 is 14.2 Å². The van der Waals surface area contributed by atoms with E-state index in [1.807, 2.05) is 0 Å². The molecule has 1 N–H and O–H groups in total. The van der Waals surface area contributed by atoms with E-state index in [0.29, 0.717) is 11.3 Å². The van der Waals surface area contributed by atoms with Crippen molar-refractivity contribution in [1.82, 2.24) is 14.8 Å². The number of aromatic nitrogens is 3. The molecular formula is C14H16FN3O2. The van der Waals surface area contributed by atoms with Crippen LogP contribution in [0.15, 0.2) is 18.2 Å². The van der Waals surface area contributed by atoms with E-state index < -0.39 is 5.82 Å². The van der Waals surface area contributed by atoms with Crippen molar-refractivity contribution in [2.75, 3.05) is 0 Å². The molecular weight excluding hydrogens is 261 g/mol. The maximum Gasteiger partial charge on any atom is 0.171 e. The van der Waals surface area contributed by atoms with Crippen molar-refractivity contribution in [2.24, 2.45) is 0 Å². The molecule has 0 amide bonds. The molecule has 0 spiro atoms. The third kappa shape index (κ3) is 2.65. The Balaban J connectivity index is 1.73. The van der Waals surface area contributed by atoms with Gasteiger partial charge >= 0.3 is 0 Å². The second kappa shape index (κ2) is 5.58. The Morgan fingerprint density at radius 3 is 3.00 bits per heavy atom. The fourth-order valence-corrected chi connectivity index (χ4v) is 2.42. The van der Waals surface area contributed by atoms with E-state index in [1.165, 1.54) is 12.1 Å². The molecule has 0 unspecified atom stereocenters. The lowest BCUT2D eigenvalue weighted by Crippen LogP contribution is -2.14. The molecule has 1 aromatic heterocycles. The fraction of sp³-hybridized carbons (Fsp3) is 0.429. The zero-order valence-corrected chi connectivity index (χ0v) is 11.0. The Labute approximate surface area is 116 Å². The molecule has 6 heteroatoms. The van der Waals surface area contributed by atoms with Gasteiger partial charge in [-0.25, -0.2) is 4.39 Å². The summed E-state index contributed by atoms with van der Waals surface area (Å²) in [5.41, 5.74) is 0.489. The van der Waals surface area contributed by atoms with Gasteiger partial charge in [0, 0.05) is 19.0 Å². The van der Waals surface area contributed by atoms with E-state index in [0.717, 1.165) is 37.5 Å². The molecule has 0 radical (unpaired) electrons. The third-order valence-corrected chi connectivity index (χ3v) is 3.42. The third-order valence-electron chi connectivity index (χ3n) is 3.42. The summed E-state index contributed by atoms with van der Waals surface area (Å²) in [5.74, 6) is 1.72. The number of hydrogen-bond donors (Lipinski definition) is 1. The van der Waals surface area contributed by atoms with Crippen LogP contribution in [0.4, 0.5) is 4.39 Å². The molecule has 2 heterocycles. The first-order chi connectivity index (χ1) is 9.76. The minimum Gasteiger partial charge on any atom is -0.485 e. The van der Waals surface area contributed by atoms with Gasteiger partial charge in [0.2, 0.25) is 0 Å². The van der Waals surface area contributed by atoms with Crippen molar-refractivity contribution in [1.29, 1.82) is 0 Å². The number of rotatable bonds is 4. The summed E-state index contributed by atoms with van der Waals surface area (Å²) in [6, 6.07) is 4.20. The normalized spacial score (nSPS) is 14.1. The molecule has 20 heavy (non-hydrogen) atoms. The van der Waals surface area contributed by atoms with Crippen molar-refractivity contribution in [2.45, 2.75) is 39.0 Å². The number of halogens is 1. The van der Waals surface area contributed by atoms with Gasteiger partial charge < -0.3 is 14.4 Å². The number of benzene rings is 1. The number of aliphatic hydroxyl groups is 1. The molecule has 5 nitrogen and oxygen atoms in total. The minimum absolute atomic E-state index is 0.214. The molecule has 0 saturated carbocycles. The Morgan fingerprint density at radius 2 is 2.15 bits per heavy atom. The quantitative estimate of drug-likeness (QED) is 0.926. The van der Waals surface area contributed by atoms with Gasteiger partial charge in [-0.05, 0) is 30.5 Å². The average molecular weight is 277 g/mol. The molecule has 1 aromatic carbocycles. The smallest absolute Gasteiger partial charge is 0.171 e. The predicted octanol–water partition coefficient (Wildman–Crippen LogP) is 1.82. The van der Waals surface area contributed by atoms with Crippen LogP contribution in [0.3, 0.4) is 0 Å². The molecule has 106 valence electrons. The van der Waals surface area contributed by atoms with Crippen LogP contribution in [-0.2, 0) is 26.2 Å². The highest BCUT2D eigenvalue weighted by Gasteiger charge is 2.16. The molecule has 0 aliphatic carbocycles.